The van der Waals surface area contributed by atoms with E-state index in [1.807, 2.05) is 31.2 Å². The molecule has 1 N–H and O–H groups in total. The van der Waals surface area contributed by atoms with Crippen LogP contribution in [0.15, 0.2) is 48.5 Å². The number of rotatable bonds is 14. The Morgan fingerprint density at radius 2 is 1.67 bits per heavy atom. The van der Waals surface area contributed by atoms with E-state index in [0.717, 1.165) is 37.5 Å². The third-order valence-corrected chi connectivity index (χ3v) is 8.26. The van der Waals surface area contributed by atoms with Gasteiger partial charge in [-0.3, -0.25) is 13.9 Å². The molecule has 0 spiro atoms. The molecule has 0 heterocycles. The maximum Gasteiger partial charge on any atom is 0.243 e. The summed E-state index contributed by atoms with van der Waals surface area (Å²) in [7, 11) is -0.485. The van der Waals surface area contributed by atoms with Crippen LogP contribution in [0.5, 0.6) is 11.5 Å². The van der Waals surface area contributed by atoms with Gasteiger partial charge in [0.2, 0.25) is 21.8 Å². The lowest BCUT2D eigenvalue weighted by Crippen LogP contribution is -2.51. The van der Waals surface area contributed by atoms with E-state index < -0.39 is 16.1 Å². The summed E-state index contributed by atoms with van der Waals surface area (Å²) in [6.07, 6.45) is 6.09. The van der Waals surface area contributed by atoms with Crippen LogP contribution < -0.4 is 19.1 Å². The van der Waals surface area contributed by atoms with Crippen molar-refractivity contribution < 1.29 is 27.5 Å². The number of nitrogens with one attached hydrogen (secondary N) is 1. The minimum atomic E-state index is -3.59. The molecule has 1 atom stereocenters. The number of hydrogen-bond donors (Lipinski definition) is 1. The van der Waals surface area contributed by atoms with Crippen molar-refractivity contribution in [3.8, 4) is 11.5 Å². The predicted octanol–water partition coefficient (Wildman–Crippen LogP) is 4.12. The molecule has 0 unspecified atom stereocenters. The van der Waals surface area contributed by atoms with Gasteiger partial charge in [-0.25, -0.2) is 8.42 Å². The van der Waals surface area contributed by atoms with E-state index in [9.17, 15) is 18.0 Å². The molecule has 0 radical (unpaired) electrons. The molecule has 3 rings (SSSR count). The molecule has 0 bridgehead atoms. The Kier molecular flexibility index (Phi) is 11.0. The van der Waals surface area contributed by atoms with E-state index in [1.165, 1.54) is 11.4 Å². The van der Waals surface area contributed by atoms with Crippen LogP contribution in [0.25, 0.3) is 0 Å². The third-order valence-electron chi connectivity index (χ3n) is 7.07. The Balaban J connectivity index is 1.77. The smallest absolute Gasteiger partial charge is 0.243 e. The van der Waals surface area contributed by atoms with E-state index in [4.69, 9.17) is 9.47 Å². The number of anilines is 1. The molecule has 0 aromatic heterocycles. The number of sulfonamides is 1. The Hall–Kier alpha value is -3.27. The molecule has 1 saturated carbocycles. The van der Waals surface area contributed by atoms with Crippen LogP contribution in [0.2, 0.25) is 0 Å². The molecule has 9 nitrogen and oxygen atoms in total. The van der Waals surface area contributed by atoms with Gasteiger partial charge in [0.05, 0.1) is 26.2 Å². The van der Waals surface area contributed by atoms with E-state index in [1.54, 1.807) is 36.3 Å². The summed E-state index contributed by atoms with van der Waals surface area (Å²) in [5, 5.41) is 3.14. The number of carbonyl (C=O) groups is 2. The highest BCUT2D eigenvalue weighted by Gasteiger charge is 2.31. The molecule has 1 aliphatic rings. The van der Waals surface area contributed by atoms with Crippen molar-refractivity contribution in [2.45, 2.75) is 70.5 Å². The van der Waals surface area contributed by atoms with Gasteiger partial charge in [0.25, 0.3) is 0 Å². The maximum absolute atomic E-state index is 13.6. The minimum Gasteiger partial charge on any atom is -0.497 e. The Morgan fingerprint density at radius 3 is 2.28 bits per heavy atom. The van der Waals surface area contributed by atoms with Gasteiger partial charge in [0, 0.05) is 31.6 Å². The molecule has 1 fully saturated rings. The van der Waals surface area contributed by atoms with Crippen molar-refractivity contribution in [2.24, 2.45) is 0 Å². The Labute approximate surface area is 232 Å². The first kappa shape index (κ1) is 30.3. The molecule has 1 aliphatic carbocycles. The van der Waals surface area contributed by atoms with Crippen LogP contribution in [0.3, 0.4) is 0 Å². The summed E-state index contributed by atoms with van der Waals surface area (Å²) in [5.74, 6) is 0.867. The van der Waals surface area contributed by atoms with Crippen molar-refractivity contribution in [1.82, 2.24) is 10.2 Å². The molecular formula is C29H41N3O6S. The van der Waals surface area contributed by atoms with E-state index in [2.05, 4.69) is 5.32 Å². The third kappa shape index (κ3) is 8.61. The zero-order chi connectivity index (χ0) is 28.4. The first-order valence-electron chi connectivity index (χ1n) is 13.5. The van der Waals surface area contributed by atoms with Crippen LogP contribution in [0, 0.1) is 0 Å². The normalized spacial score (nSPS) is 14.5. The van der Waals surface area contributed by atoms with Crippen LogP contribution >= 0.6 is 0 Å². The summed E-state index contributed by atoms with van der Waals surface area (Å²) >= 11 is 0. The van der Waals surface area contributed by atoms with E-state index in [0.29, 0.717) is 30.0 Å². The molecule has 214 valence electrons. The molecule has 0 aliphatic heterocycles. The molecule has 2 amide bonds. The van der Waals surface area contributed by atoms with E-state index in [-0.39, 0.29) is 37.4 Å². The van der Waals surface area contributed by atoms with Gasteiger partial charge >= 0.3 is 0 Å². The average molecular weight is 560 g/mol. The van der Waals surface area contributed by atoms with Crippen molar-refractivity contribution >= 4 is 27.5 Å². The molecular weight excluding hydrogens is 518 g/mol. The standard InChI is InChI=1S/C29H41N3O6S/c1-5-27(29(34)30-23-12-6-7-13-23)31(21-22-11-8-15-25(19-22)37-2)28(33)17-10-18-32(39(4,35)36)24-14-9-16-26(20-24)38-3/h8-9,11,14-16,19-20,23,27H,5-7,10,12-13,17-18,21H2,1-4H3,(H,30,34)/t27-/m1/s1. The fourth-order valence-electron chi connectivity index (χ4n) is 5.02. The number of amides is 2. The second-order valence-electron chi connectivity index (χ2n) is 9.93. The summed E-state index contributed by atoms with van der Waals surface area (Å²) in [6.45, 7) is 2.27. The molecule has 2 aromatic carbocycles. The fourth-order valence-corrected chi connectivity index (χ4v) is 5.98. The first-order chi connectivity index (χ1) is 18.7. The SMILES string of the molecule is CC[C@H](C(=O)NC1CCCC1)N(Cc1cccc(OC)c1)C(=O)CCCN(c1cccc(OC)c1)S(C)(=O)=O. The monoisotopic (exact) mass is 559 g/mol. The van der Waals surface area contributed by atoms with Gasteiger partial charge < -0.3 is 19.7 Å². The topological polar surface area (TPSA) is 105 Å². The second-order valence-corrected chi connectivity index (χ2v) is 11.8. The van der Waals surface area contributed by atoms with E-state index >= 15 is 0 Å². The zero-order valence-corrected chi connectivity index (χ0v) is 24.2. The van der Waals surface area contributed by atoms with Crippen molar-refractivity contribution in [3.63, 3.8) is 0 Å². The second kappa shape index (κ2) is 14.2. The summed E-state index contributed by atoms with van der Waals surface area (Å²) in [5.41, 5.74) is 1.32. The summed E-state index contributed by atoms with van der Waals surface area (Å²) < 4.78 is 37.0. The minimum absolute atomic E-state index is 0.0904. The number of hydrogen-bond acceptors (Lipinski definition) is 6. The fraction of sp³-hybridized carbons (Fsp3) is 0.517. The van der Waals surface area contributed by atoms with Gasteiger partial charge in [-0.05, 0) is 55.5 Å². The van der Waals surface area contributed by atoms with Crippen molar-refractivity contribution in [3.05, 3.63) is 54.1 Å². The number of ether oxygens (including phenoxy) is 2. The molecule has 2 aromatic rings. The average Bonchev–Trinajstić information content (AvgIpc) is 3.43. The van der Waals surface area contributed by atoms with Crippen LogP contribution in [0.1, 0.15) is 57.4 Å². The molecule has 0 saturated heterocycles. The number of carbonyl (C=O) groups excluding carboxylic acids is 2. The Bertz CT molecular complexity index is 1210. The van der Waals surface area contributed by atoms with Gasteiger partial charge in [0.15, 0.2) is 0 Å². The maximum atomic E-state index is 13.6. The molecule has 10 heteroatoms. The summed E-state index contributed by atoms with van der Waals surface area (Å²) in [6, 6.07) is 13.8. The van der Waals surface area contributed by atoms with Gasteiger partial charge in [-0.1, -0.05) is 38.0 Å². The number of nitrogens with zero attached hydrogens (tertiary/aromatic N) is 2. The summed E-state index contributed by atoms with van der Waals surface area (Å²) in [4.78, 5) is 28.6. The number of benzene rings is 2. The van der Waals surface area contributed by atoms with Gasteiger partial charge in [-0.2, -0.15) is 0 Å². The van der Waals surface area contributed by atoms with Crippen molar-refractivity contribution in [1.29, 1.82) is 0 Å². The van der Waals surface area contributed by atoms with Crippen LogP contribution in [-0.4, -0.2) is 64.2 Å². The van der Waals surface area contributed by atoms with Crippen LogP contribution in [-0.2, 0) is 26.2 Å². The van der Waals surface area contributed by atoms with Crippen LogP contribution in [0.4, 0.5) is 5.69 Å². The zero-order valence-electron chi connectivity index (χ0n) is 23.4. The highest BCUT2D eigenvalue weighted by atomic mass is 32.2. The van der Waals surface area contributed by atoms with Crippen molar-refractivity contribution in [2.75, 3.05) is 31.3 Å². The number of methoxy groups -OCH3 is 2. The highest BCUT2D eigenvalue weighted by molar-refractivity contribution is 7.92. The first-order valence-corrected chi connectivity index (χ1v) is 15.4. The largest absolute Gasteiger partial charge is 0.497 e. The predicted molar refractivity (Wildman–Crippen MR) is 152 cm³/mol. The lowest BCUT2D eigenvalue weighted by atomic mass is 10.1. The Morgan fingerprint density at radius 1 is 1.03 bits per heavy atom. The highest BCUT2D eigenvalue weighted by Crippen LogP contribution is 2.25. The lowest BCUT2D eigenvalue weighted by Gasteiger charge is -2.32. The quantitative estimate of drug-likeness (QED) is 0.373. The van der Waals surface area contributed by atoms with Gasteiger partial charge in [0.1, 0.15) is 17.5 Å². The lowest BCUT2D eigenvalue weighted by molar-refractivity contribution is -0.141. The molecule has 39 heavy (non-hydrogen) atoms. The van der Waals surface area contributed by atoms with Gasteiger partial charge in [-0.15, -0.1) is 0 Å².